The number of anilines is 1. The first kappa shape index (κ1) is 30.4. The molecule has 0 atom stereocenters. The quantitative estimate of drug-likeness (QED) is 0.182. The number of halogens is 1. The van der Waals surface area contributed by atoms with E-state index in [1.807, 2.05) is 43.3 Å². The topological polar surface area (TPSA) is 129 Å². The molecule has 13 heteroatoms. The summed E-state index contributed by atoms with van der Waals surface area (Å²) in [4.78, 5) is 23.9. The van der Waals surface area contributed by atoms with Crippen LogP contribution in [0.4, 0.5) is 5.82 Å². The fourth-order valence-electron chi connectivity index (χ4n) is 4.16. The molecule has 0 radical (unpaired) electrons. The molecule has 10 nitrogen and oxygen atoms in total. The van der Waals surface area contributed by atoms with Crippen LogP contribution in [0, 0.1) is 0 Å². The molecule has 0 bridgehead atoms. The van der Waals surface area contributed by atoms with Crippen molar-refractivity contribution in [2.24, 2.45) is 0 Å². The predicted molar refractivity (Wildman–Crippen MR) is 159 cm³/mol. The van der Waals surface area contributed by atoms with E-state index in [1.165, 1.54) is 19.2 Å². The predicted octanol–water partition coefficient (Wildman–Crippen LogP) is 5.35. The number of sulfonamides is 1. The van der Waals surface area contributed by atoms with E-state index < -0.39 is 10.0 Å². The second kappa shape index (κ2) is 13.8. The lowest BCUT2D eigenvalue weighted by Gasteiger charge is -2.09. The normalized spacial score (nSPS) is 11.4. The van der Waals surface area contributed by atoms with Gasteiger partial charge >= 0.3 is 5.97 Å². The van der Waals surface area contributed by atoms with E-state index in [9.17, 15) is 18.0 Å². The lowest BCUT2D eigenvalue weighted by atomic mass is 10.1. The number of hydrogen-bond acceptors (Lipinski definition) is 8. The molecule has 0 aliphatic carbocycles. The van der Waals surface area contributed by atoms with E-state index >= 15 is 0 Å². The fraction of sp³-hybridized carbons (Fsp3) is 0.321. The Balaban J connectivity index is 1.46. The lowest BCUT2D eigenvalue weighted by Crippen LogP contribution is -2.22. The van der Waals surface area contributed by atoms with Crippen LogP contribution in [0.3, 0.4) is 0 Å². The molecular weight excluding hydrogens is 588 g/mol. The highest BCUT2D eigenvalue weighted by atomic mass is 35.5. The summed E-state index contributed by atoms with van der Waals surface area (Å²) in [5.41, 5.74) is 2.48. The number of hydrogen-bond donors (Lipinski definition) is 2. The standard InChI is InChI=1S/C28H31ClN4O6S2/c1-3-15-39-25(35)12-6-11-24(34)30-17-19-7-4-8-20(16-19)18-33-21-9-5-10-22(38-2)27(21)28(31-33)32-41(36,37)26-14-13-23(29)40-26/h4-5,7-10,13-14,16H,3,6,11-12,15,17-18H2,1-2H3,(H,30,34)(H,31,32). The van der Waals surface area contributed by atoms with Gasteiger partial charge in [-0.1, -0.05) is 48.9 Å². The van der Waals surface area contributed by atoms with Crippen molar-refractivity contribution in [2.75, 3.05) is 18.4 Å². The van der Waals surface area contributed by atoms with Crippen LogP contribution in [0.1, 0.15) is 43.7 Å². The average molecular weight is 619 g/mol. The average Bonchev–Trinajstić information content (AvgIpc) is 3.54. The zero-order valence-corrected chi connectivity index (χ0v) is 25.1. The Bertz CT molecular complexity index is 1630. The summed E-state index contributed by atoms with van der Waals surface area (Å²) in [6.45, 7) is 2.99. The van der Waals surface area contributed by atoms with Gasteiger partial charge in [-0.25, -0.2) is 8.42 Å². The maximum absolute atomic E-state index is 13.0. The minimum atomic E-state index is -3.92. The Labute approximate surface area is 247 Å². The Hall–Kier alpha value is -3.61. The van der Waals surface area contributed by atoms with Crippen LogP contribution in [0.2, 0.25) is 4.34 Å². The van der Waals surface area contributed by atoms with Gasteiger partial charge in [0.15, 0.2) is 5.82 Å². The molecule has 1 amide bonds. The summed E-state index contributed by atoms with van der Waals surface area (Å²) in [6, 6.07) is 16.0. The van der Waals surface area contributed by atoms with Crippen molar-refractivity contribution in [3.8, 4) is 5.75 Å². The third-order valence-corrected chi connectivity index (χ3v) is 9.13. The number of thiophene rings is 1. The number of esters is 1. The van der Waals surface area contributed by atoms with Gasteiger partial charge in [-0.15, -0.1) is 11.3 Å². The van der Waals surface area contributed by atoms with Crippen molar-refractivity contribution in [2.45, 2.75) is 49.9 Å². The maximum atomic E-state index is 13.0. The first-order valence-corrected chi connectivity index (χ1v) is 15.7. The van der Waals surface area contributed by atoms with Crippen molar-refractivity contribution < 1.29 is 27.5 Å². The highest BCUT2D eigenvalue weighted by Gasteiger charge is 2.23. The Kier molecular flexibility index (Phi) is 10.2. The molecule has 4 aromatic rings. The summed E-state index contributed by atoms with van der Waals surface area (Å²) in [6.07, 6.45) is 1.64. The van der Waals surface area contributed by atoms with E-state index in [0.29, 0.717) is 47.1 Å². The summed E-state index contributed by atoms with van der Waals surface area (Å²) in [5.74, 6) is 0.186. The lowest BCUT2D eigenvalue weighted by molar-refractivity contribution is -0.143. The highest BCUT2D eigenvalue weighted by Crippen LogP contribution is 2.35. The van der Waals surface area contributed by atoms with Crippen LogP contribution < -0.4 is 14.8 Å². The number of aromatic nitrogens is 2. The molecule has 2 aromatic carbocycles. The van der Waals surface area contributed by atoms with E-state index in [0.717, 1.165) is 28.9 Å². The van der Waals surface area contributed by atoms with Crippen molar-refractivity contribution in [1.29, 1.82) is 0 Å². The van der Waals surface area contributed by atoms with Crippen molar-refractivity contribution in [1.82, 2.24) is 15.1 Å². The minimum Gasteiger partial charge on any atom is -0.496 e. The van der Waals surface area contributed by atoms with Crippen LogP contribution in [-0.4, -0.2) is 43.8 Å². The number of nitrogens with zero attached hydrogens (tertiary/aromatic N) is 2. The van der Waals surface area contributed by atoms with Crippen molar-refractivity contribution >= 4 is 61.6 Å². The number of rotatable bonds is 14. The van der Waals surface area contributed by atoms with Gasteiger partial charge in [0.25, 0.3) is 10.0 Å². The smallest absolute Gasteiger partial charge is 0.305 e. The molecule has 0 aliphatic heterocycles. The van der Waals surface area contributed by atoms with Crippen molar-refractivity contribution in [3.63, 3.8) is 0 Å². The van der Waals surface area contributed by atoms with Gasteiger partial charge in [0.1, 0.15) is 9.96 Å². The van der Waals surface area contributed by atoms with Gasteiger partial charge in [0, 0.05) is 19.4 Å². The minimum absolute atomic E-state index is 0.0753. The second-order valence-electron chi connectivity index (χ2n) is 9.20. The molecule has 2 aromatic heterocycles. The SMILES string of the molecule is CCCOC(=O)CCCC(=O)NCc1cccc(Cn2nc(NS(=O)(=O)c3ccc(Cl)s3)c3c(OC)cccc32)c1. The summed E-state index contributed by atoms with van der Waals surface area (Å²) < 4.78 is 41.3. The zero-order chi connectivity index (χ0) is 29.4. The van der Waals surface area contributed by atoms with Gasteiger partial charge in [-0.05, 0) is 48.2 Å². The number of methoxy groups -OCH3 is 1. The first-order chi connectivity index (χ1) is 19.7. The molecule has 0 fully saturated rings. The summed E-state index contributed by atoms with van der Waals surface area (Å²) in [7, 11) is -2.41. The molecule has 218 valence electrons. The Morgan fingerprint density at radius 3 is 2.59 bits per heavy atom. The summed E-state index contributed by atoms with van der Waals surface area (Å²) >= 11 is 6.91. The van der Waals surface area contributed by atoms with Crippen LogP contribution in [0.15, 0.2) is 58.8 Å². The van der Waals surface area contributed by atoms with E-state index in [4.69, 9.17) is 21.1 Å². The molecule has 0 saturated carbocycles. The van der Waals surface area contributed by atoms with Crippen LogP contribution in [0.5, 0.6) is 5.75 Å². The second-order valence-corrected chi connectivity index (χ2v) is 12.8. The molecule has 4 rings (SSSR count). The molecule has 41 heavy (non-hydrogen) atoms. The van der Waals surface area contributed by atoms with Gasteiger partial charge in [0.2, 0.25) is 5.91 Å². The van der Waals surface area contributed by atoms with Crippen LogP contribution >= 0.6 is 22.9 Å². The first-order valence-electron chi connectivity index (χ1n) is 13.0. The Morgan fingerprint density at radius 1 is 1.07 bits per heavy atom. The molecule has 0 aliphatic rings. The molecular formula is C28H31ClN4O6S2. The molecule has 2 heterocycles. The maximum Gasteiger partial charge on any atom is 0.305 e. The van der Waals surface area contributed by atoms with E-state index in [1.54, 1.807) is 10.7 Å². The van der Waals surface area contributed by atoms with Gasteiger partial charge in [-0.3, -0.25) is 19.0 Å². The number of carbonyl (C=O) groups excluding carboxylic acids is 2. The Morgan fingerprint density at radius 2 is 1.85 bits per heavy atom. The largest absolute Gasteiger partial charge is 0.496 e. The number of carbonyl (C=O) groups is 2. The third kappa shape index (κ3) is 7.99. The fourth-order valence-corrected chi connectivity index (χ4v) is 6.65. The van der Waals surface area contributed by atoms with Gasteiger partial charge < -0.3 is 14.8 Å². The van der Waals surface area contributed by atoms with Crippen molar-refractivity contribution in [3.05, 3.63) is 70.1 Å². The zero-order valence-electron chi connectivity index (χ0n) is 22.7. The molecule has 0 spiro atoms. The monoisotopic (exact) mass is 618 g/mol. The van der Waals surface area contributed by atoms with Gasteiger partial charge in [-0.2, -0.15) is 5.10 Å². The summed E-state index contributed by atoms with van der Waals surface area (Å²) in [5, 5.41) is 8.01. The van der Waals surface area contributed by atoms with E-state index in [-0.39, 0.29) is 34.7 Å². The molecule has 2 N–H and O–H groups in total. The van der Waals surface area contributed by atoms with E-state index in [2.05, 4.69) is 15.1 Å². The number of ether oxygens (including phenoxy) is 2. The van der Waals surface area contributed by atoms with Crippen LogP contribution in [0.25, 0.3) is 10.9 Å². The number of benzene rings is 2. The van der Waals surface area contributed by atoms with Gasteiger partial charge in [0.05, 0.1) is 35.5 Å². The molecule has 0 saturated heterocycles. The van der Waals surface area contributed by atoms with Crippen LogP contribution in [-0.2, 0) is 37.4 Å². The number of fused-ring (bicyclic) bond motifs is 1. The number of nitrogens with one attached hydrogen (secondary N) is 2. The number of amides is 1. The highest BCUT2D eigenvalue weighted by molar-refractivity contribution is 7.94. The molecule has 0 unspecified atom stereocenters. The third-order valence-electron chi connectivity index (χ3n) is 6.07.